The molecule has 1 aromatic heterocycles. The van der Waals surface area contributed by atoms with Gasteiger partial charge in [0.2, 0.25) is 0 Å². The quantitative estimate of drug-likeness (QED) is 0.912. The maximum atomic E-state index is 11.5. The van der Waals surface area contributed by atoms with Crippen LogP contribution in [0.1, 0.15) is 24.6 Å². The van der Waals surface area contributed by atoms with Gasteiger partial charge in [-0.25, -0.2) is 0 Å². The van der Waals surface area contributed by atoms with E-state index in [0.717, 1.165) is 15.6 Å². The van der Waals surface area contributed by atoms with E-state index in [-0.39, 0.29) is 5.92 Å². The van der Waals surface area contributed by atoms with E-state index in [1.54, 1.807) is 14.2 Å². The van der Waals surface area contributed by atoms with Crippen LogP contribution in [0.4, 0.5) is 0 Å². The molecule has 1 heterocycles. The van der Waals surface area contributed by atoms with Gasteiger partial charge in [-0.3, -0.25) is 4.79 Å². The molecule has 0 aliphatic rings. The van der Waals surface area contributed by atoms with Crippen molar-refractivity contribution in [2.45, 2.75) is 19.8 Å². The Labute approximate surface area is 121 Å². The second kappa shape index (κ2) is 5.71. The minimum absolute atomic E-state index is 0.0300. The van der Waals surface area contributed by atoms with Gasteiger partial charge in [-0.15, -0.1) is 11.3 Å². The number of carboxylic acid groups (broad SMARTS) is 1. The summed E-state index contributed by atoms with van der Waals surface area (Å²) in [5, 5.41) is 13.3. The van der Waals surface area contributed by atoms with Gasteiger partial charge in [-0.05, 0) is 28.8 Å². The number of aliphatic carboxylic acids is 1. The second-order valence-corrected chi connectivity index (χ2v) is 5.87. The second-order valence-electron chi connectivity index (χ2n) is 4.95. The van der Waals surface area contributed by atoms with E-state index in [9.17, 15) is 9.90 Å². The minimum Gasteiger partial charge on any atom is -0.493 e. The number of methoxy groups -OCH3 is 2. The van der Waals surface area contributed by atoms with Gasteiger partial charge in [0, 0.05) is 10.3 Å². The Bertz CT molecular complexity index is 630. The lowest BCUT2D eigenvalue weighted by atomic mass is 9.92. The topological polar surface area (TPSA) is 55.8 Å². The average Bonchev–Trinajstić information content (AvgIpc) is 2.79. The number of benzene rings is 1. The molecular formula is C15H18O4S. The first-order valence-corrected chi connectivity index (χ1v) is 7.23. The molecule has 2 aromatic rings. The zero-order valence-corrected chi connectivity index (χ0v) is 12.8. The third-order valence-electron chi connectivity index (χ3n) is 3.35. The molecule has 0 aliphatic carbocycles. The average molecular weight is 294 g/mol. The van der Waals surface area contributed by atoms with E-state index >= 15 is 0 Å². The molecule has 0 amide bonds. The number of fused-ring (bicyclic) bond motifs is 1. The number of hydrogen-bond acceptors (Lipinski definition) is 4. The summed E-state index contributed by atoms with van der Waals surface area (Å²) >= 11 is 1.47. The van der Waals surface area contributed by atoms with Crippen LogP contribution in [0.2, 0.25) is 0 Å². The van der Waals surface area contributed by atoms with Gasteiger partial charge in [0.15, 0.2) is 11.5 Å². The van der Waals surface area contributed by atoms with E-state index in [2.05, 4.69) is 0 Å². The van der Waals surface area contributed by atoms with Crippen molar-refractivity contribution < 1.29 is 19.4 Å². The van der Waals surface area contributed by atoms with Crippen molar-refractivity contribution in [3.8, 4) is 11.5 Å². The van der Waals surface area contributed by atoms with Crippen LogP contribution in [0.25, 0.3) is 10.8 Å². The standard InChI is InChI=1S/C15H18O4S/c1-8(2)13(15(16)17)14-10-6-12(19-4)11(18-3)5-9(10)7-20-14/h5-8,13H,1-4H3,(H,16,17). The van der Waals surface area contributed by atoms with E-state index < -0.39 is 11.9 Å². The van der Waals surface area contributed by atoms with Gasteiger partial charge < -0.3 is 14.6 Å². The van der Waals surface area contributed by atoms with Gasteiger partial charge in [0.25, 0.3) is 0 Å². The maximum Gasteiger partial charge on any atom is 0.312 e. The predicted octanol–water partition coefficient (Wildman–Crippen LogP) is 3.74. The Hall–Kier alpha value is -1.75. The highest BCUT2D eigenvalue weighted by molar-refractivity contribution is 7.11. The third kappa shape index (κ3) is 2.45. The molecule has 4 nitrogen and oxygen atoms in total. The fourth-order valence-corrected chi connectivity index (χ4v) is 3.61. The zero-order valence-electron chi connectivity index (χ0n) is 12.0. The molecule has 0 spiro atoms. The van der Waals surface area contributed by atoms with Gasteiger partial charge in [0.1, 0.15) is 0 Å². The van der Waals surface area contributed by atoms with Crippen LogP contribution in [0.15, 0.2) is 17.5 Å². The third-order valence-corrected chi connectivity index (χ3v) is 4.45. The highest BCUT2D eigenvalue weighted by Crippen LogP contribution is 2.41. The molecule has 0 radical (unpaired) electrons. The highest BCUT2D eigenvalue weighted by Gasteiger charge is 2.27. The van der Waals surface area contributed by atoms with Crippen LogP contribution in [-0.4, -0.2) is 25.3 Å². The number of carboxylic acids is 1. The fraction of sp³-hybridized carbons (Fsp3) is 0.400. The molecular weight excluding hydrogens is 276 g/mol. The molecule has 1 N–H and O–H groups in total. The molecule has 1 unspecified atom stereocenters. The summed E-state index contributed by atoms with van der Waals surface area (Å²) < 4.78 is 10.6. The van der Waals surface area contributed by atoms with Crippen LogP contribution in [-0.2, 0) is 4.79 Å². The first-order chi connectivity index (χ1) is 9.49. The number of ether oxygens (including phenoxy) is 2. The molecule has 0 saturated heterocycles. The summed E-state index contributed by atoms with van der Waals surface area (Å²) in [7, 11) is 3.16. The Morgan fingerprint density at radius 2 is 1.80 bits per heavy atom. The number of hydrogen-bond donors (Lipinski definition) is 1. The molecule has 20 heavy (non-hydrogen) atoms. The molecule has 108 valence electrons. The molecule has 1 aromatic carbocycles. The Morgan fingerprint density at radius 3 is 2.30 bits per heavy atom. The van der Waals surface area contributed by atoms with Crippen molar-refractivity contribution in [1.82, 2.24) is 0 Å². The van der Waals surface area contributed by atoms with Gasteiger partial charge in [0.05, 0.1) is 20.1 Å². The lowest BCUT2D eigenvalue weighted by Crippen LogP contribution is -2.16. The van der Waals surface area contributed by atoms with Crippen molar-refractivity contribution >= 4 is 28.1 Å². The largest absolute Gasteiger partial charge is 0.493 e. The van der Waals surface area contributed by atoms with E-state index in [1.165, 1.54) is 11.3 Å². The molecule has 5 heteroatoms. The van der Waals surface area contributed by atoms with E-state index in [4.69, 9.17) is 9.47 Å². The highest BCUT2D eigenvalue weighted by atomic mass is 32.1. The molecule has 1 atom stereocenters. The molecule has 0 aliphatic heterocycles. The van der Waals surface area contributed by atoms with Gasteiger partial charge >= 0.3 is 5.97 Å². The number of carbonyl (C=O) groups is 1. The Morgan fingerprint density at radius 1 is 1.20 bits per heavy atom. The summed E-state index contributed by atoms with van der Waals surface area (Å²) in [6, 6.07) is 3.74. The van der Waals surface area contributed by atoms with Crippen molar-refractivity contribution in [2.24, 2.45) is 5.92 Å². The van der Waals surface area contributed by atoms with Crippen LogP contribution < -0.4 is 9.47 Å². The summed E-state index contributed by atoms with van der Waals surface area (Å²) in [6.45, 7) is 3.84. The molecule has 0 fully saturated rings. The van der Waals surface area contributed by atoms with Gasteiger partial charge in [-0.1, -0.05) is 13.8 Å². The zero-order chi connectivity index (χ0) is 14.9. The maximum absolute atomic E-state index is 11.5. The Kier molecular flexibility index (Phi) is 4.18. The SMILES string of the molecule is COc1cc2csc(C(C(=O)O)C(C)C)c2cc1OC. The number of rotatable bonds is 5. The van der Waals surface area contributed by atoms with Gasteiger partial charge in [-0.2, -0.15) is 0 Å². The summed E-state index contributed by atoms with van der Waals surface area (Å²) in [4.78, 5) is 12.4. The van der Waals surface area contributed by atoms with Crippen LogP contribution >= 0.6 is 11.3 Å². The van der Waals surface area contributed by atoms with Crippen molar-refractivity contribution in [2.75, 3.05) is 14.2 Å². The summed E-state index contributed by atoms with van der Waals surface area (Å²) in [5.41, 5.74) is 0. The minimum atomic E-state index is -0.793. The number of thiophene rings is 1. The predicted molar refractivity (Wildman–Crippen MR) is 80.1 cm³/mol. The lowest BCUT2D eigenvalue weighted by Gasteiger charge is -2.15. The normalized spacial score (nSPS) is 12.7. The first-order valence-electron chi connectivity index (χ1n) is 6.35. The van der Waals surface area contributed by atoms with E-state index in [0.29, 0.717) is 11.5 Å². The van der Waals surface area contributed by atoms with Crippen molar-refractivity contribution in [1.29, 1.82) is 0 Å². The Balaban J connectivity index is 2.64. The fourth-order valence-electron chi connectivity index (χ4n) is 2.34. The van der Waals surface area contributed by atoms with Crippen LogP contribution in [0, 0.1) is 5.92 Å². The molecule has 0 saturated carbocycles. The summed E-state index contributed by atoms with van der Waals surface area (Å²) in [5.74, 6) is 0.00454. The summed E-state index contributed by atoms with van der Waals surface area (Å²) in [6.07, 6.45) is 0. The van der Waals surface area contributed by atoms with Crippen LogP contribution in [0.5, 0.6) is 11.5 Å². The molecule has 2 rings (SSSR count). The van der Waals surface area contributed by atoms with E-state index in [1.807, 2.05) is 31.4 Å². The van der Waals surface area contributed by atoms with Crippen molar-refractivity contribution in [3.63, 3.8) is 0 Å². The lowest BCUT2D eigenvalue weighted by molar-refractivity contribution is -0.139. The smallest absolute Gasteiger partial charge is 0.312 e. The van der Waals surface area contributed by atoms with Crippen molar-refractivity contribution in [3.05, 3.63) is 22.4 Å². The molecule has 0 bridgehead atoms. The monoisotopic (exact) mass is 294 g/mol. The first kappa shape index (κ1) is 14.7. The van der Waals surface area contributed by atoms with Crippen LogP contribution in [0.3, 0.4) is 0 Å².